The summed E-state index contributed by atoms with van der Waals surface area (Å²) >= 11 is 3.30. The Bertz CT molecular complexity index is 712. The number of amides is 1. The summed E-state index contributed by atoms with van der Waals surface area (Å²) < 4.78 is 38.7. The van der Waals surface area contributed by atoms with Crippen LogP contribution in [-0.4, -0.2) is 12.1 Å². The molecule has 120 valence electrons. The Hall–Kier alpha value is -2.15. The Morgan fingerprint density at radius 3 is 2.52 bits per heavy atom. The molecule has 0 heterocycles. The largest absolute Gasteiger partial charge is 0.416 e. The van der Waals surface area contributed by atoms with Crippen molar-refractivity contribution in [3.63, 3.8) is 0 Å². The van der Waals surface area contributed by atoms with Gasteiger partial charge in [-0.3, -0.25) is 4.79 Å². The summed E-state index contributed by atoms with van der Waals surface area (Å²) in [7, 11) is 0. The lowest BCUT2D eigenvalue weighted by molar-refractivity contribution is -0.137. The zero-order valence-electron chi connectivity index (χ0n) is 11.8. The Labute approximate surface area is 139 Å². The van der Waals surface area contributed by atoms with Crippen LogP contribution < -0.4 is 5.43 Å². The van der Waals surface area contributed by atoms with Gasteiger partial charge in [-0.1, -0.05) is 46.3 Å². The molecule has 0 bridgehead atoms. The van der Waals surface area contributed by atoms with Gasteiger partial charge in [-0.2, -0.15) is 18.3 Å². The highest BCUT2D eigenvalue weighted by Crippen LogP contribution is 2.29. The van der Waals surface area contributed by atoms with E-state index in [1.54, 1.807) is 12.1 Å². The molecule has 7 heteroatoms. The second-order valence-corrected chi connectivity index (χ2v) is 5.64. The number of carbonyl (C=O) groups excluding carboxylic acids is 1. The van der Waals surface area contributed by atoms with Crippen molar-refractivity contribution in [2.45, 2.75) is 12.6 Å². The molecule has 0 unspecified atom stereocenters. The first kappa shape index (κ1) is 17.2. The van der Waals surface area contributed by atoms with Crippen LogP contribution in [0.3, 0.4) is 0 Å². The van der Waals surface area contributed by atoms with Crippen molar-refractivity contribution in [1.29, 1.82) is 0 Å². The number of benzene rings is 2. The normalized spacial score (nSPS) is 11.7. The molecule has 1 amide bonds. The third-order valence-corrected chi connectivity index (χ3v) is 3.42. The molecule has 0 radical (unpaired) electrons. The van der Waals surface area contributed by atoms with Crippen LogP contribution in [0.15, 0.2) is 58.1 Å². The van der Waals surface area contributed by atoms with E-state index in [4.69, 9.17) is 0 Å². The van der Waals surface area contributed by atoms with Crippen molar-refractivity contribution in [2.24, 2.45) is 5.10 Å². The van der Waals surface area contributed by atoms with Crippen LogP contribution in [0.4, 0.5) is 13.2 Å². The average molecular weight is 385 g/mol. The molecule has 0 fully saturated rings. The fourth-order valence-corrected chi connectivity index (χ4v) is 2.07. The minimum Gasteiger partial charge on any atom is -0.273 e. The first-order valence-corrected chi connectivity index (χ1v) is 7.37. The Morgan fingerprint density at radius 2 is 1.87 bits per heavy atom. The van der Waals surface area contributed by atoms with Gasteiger partial charge < -0.3 is 0 Å². The van der Waals surface area contributed by atoms with Crippen molar-refractivity contribution in [1.82, 2.24) is 5.43 Å². The number of carbonyl (C=O) groups is 1. The molecule has 0 aliphatic rings. The molecule has 0 saturated heterocycles. The summed E-state index contributed by atoms with van der Waals surface area (Å²) in [6.07, 6.45) is -3.15. The van der Waals surface area contributed by atoms with Gasteiger partial charge in [0.1, 0.15) is 0 Å². The van der Waals surface area contributed by atoms with E-state index in [0.717, 1.165) is 22.2 Å². The van der Waals surface area contributed by atoms with Gasteiger partial charge in [-0.25, -0.2) is 5.43 Å². The van der Waals surface area contributed by atoms with Gasteiger partial charge in [0.05, 0.1) is 18.2 Å². The van der Waals surface area contributed by atoms with E-state index in [-0.39, 0.29) is 12.0 Å². The zero-order valence-corrected chi connectivity index (χ0v) is 13.4. The molecule has 0 aromatic heterocycles. The molecule has 3 nitrogen and oxygen atoms in total. The lowest BCUT2D eigenvalue weighted by Crippen LogP contribution is -2.20. The summed E-state index contributed by atoms with van der Waals surface area (Å²) in [5, 5.41) is 3.78. The molecule has 1 N–H and O–H groups in total. The number of hydrogen-bond donors (Lipinski definition) is 1. The minimum absolute atomic E-state index is 0.179. The number of nitrogens with one attached hydrogen (secondary N) is 1. The first-order chi connectivity index (χ1) is 10.8. The Morgan fingerprint density at radius 1 is 1.17 bits per heavy atom. The minimum atomic E-state index is -4.42. The zero-order chi connectivity index (χ0) is 16.9. The second kappa shape index (κ2) is 7.41. The van der Waals surface area contributed by atoms with E-state index in [1.807, 2.05) is 12.1 Å². The number of rotatable bonds is 4. The Kier molecular flexibility index (Phi) is 5.54. The molecule has 0 aliphatic carbocycles. The monoisotopic (exact) mass is 384 g/mol. The van der Waals surface area contributed by atoms with E-state index in [0.29, 0.717) is 0 Å². The van der Waals surface area contributed by atoms with Gasteiger partial charge in [0.15, 0.2) is 0 Å². The molecule has 0 aliphatic heterocycles. The van der Waals surface area contributed by atoms with Crippen molar-refractivity contribution >= 4 is 28.1 Å². The standard InChI is InChI=1S/C16H12BrF3N2O/c17-14-6-4-11(5-7-14)10-21-22-15(23)9-12-2-1-3-13(8-12)16(18,19)20/h1-8,10H,9H2,(H,22,23)/b21-10+. The molecule has 2 rings (SSSR count). The molecule has 2 aromatic rings. The number of alkyl halides is 3. The van der Waals surface area contributed by atoms with Gasteiger partial charge in [-0.05, 0) is 29.3 Å². The van der Waals surface area contributed by atoms with E-state index in [9.17, 15) is 18.0 Å². The lowest BCUT2D eigenvalue weighted by Gasteiger charge is -2.08. The predicted octanol–water partition coefficient (Wildman–Crippen LogP) is 4.16. The third kappa shape index (κ3) is 5.52. The highest BCUT2D eigenvalue weighted by Gasteiger charge is 2.30. The van der Waals surface area contributed by atoms with Crippen LogP contribution >= 0.6 is 15.9 Å². The summed E-state index contributed by atoms with van der Waals surface area (Å²) in [5.41, 5.74) is 2.57. The van der Waals surface area contributed by atoms with Crippen LogP contribution in [0.2, 0.25) is 0 Å². The quantitative estimate of drug-likeness (QED) is 0.623. The van der Waals surface area contributed by atoms with E-state index >= 15 is 0 Å². The van der Waals surface area contributed by atoms with Gasteiger partial charge in [-0.15, -0.1) is 0 Å². The number of hydrogen-bond acceptors (Lipinski definition) is 2. The summed E-state index contributed by atoms with van der Waals surface area (Å²) in [6.45, 7) is 0. The number of hydrazone groups is 1. The van der Waals surface area contributed by atoms with Gasteiger partial charge in [0.2, 0.25) is 5.91 Å². The van der Waals surface area contributed by atoms with Crippen molar-refractivity contribution < 1.29 is 18.0 Å². The molecular formula is C16H12BrF3N2O. The maximum absolute atomic E-state index is 12.6. The molecule has 0 atom stereocenters. The lowest BCUT2D eigenvalue weighted by atomic mass is 10.1. The topological polar surface area (TPSA) is 41.5 Å². The van der Waals surface area contributed by atoms with E-state index in [2.05, 4.69) is 26.5 Å². The molecule has 2 aromatic carbocycles. The van der Waals surface area contributed by atoms with E-state index < -0.39 is 17.6 Å². The fourth-order valence-electron chi connectivity index (χ4n) is 1.81. The molecule has 23 heavy (non-hydrogen) atoms. The summed E-state index contributed by atoms with van der Waals surface area (Å²) in [4.78, 5) is 11.7. The molecule has 0 saturated carbocycles. The molecule has 0 spiro atoms. The number of halogens is 4. The molecular weight excluding hydrogens is 373 g/mol. The maximum Gasteiger partial charge on any atom is 0.416 e. The Balaban J connectivity index is 1.93. The fraction of sp³-hybridized carbons (Fsp3) is 0.125. The van der Waals surface area contributed by atoms with Gasteiger partial charge >= 0.3 is 6.18 Å². The van der Waals surface area contributed by atoms with Crippen LogP contribution in [-0.2, 0) is 17.4 Å². The van der Waals surface area contributed by atoms with Crippen molar-refractivity contribution in [2.75, 3.05) is 0 Å². The maximum atomic E-state index is 12.6. The van der Waals surface area contributed by atoms with Gasteiger partial charge in [0, 0.05) is 4.47 Å². The van der Waals surface area contributed by atoms with Crippen molar-refractivity contribution in [3.8, 4) is 0 Å². The van der Waals surface area contributed by atoms with Gasteiger partial charge in [0.25, 0.3) is 0 Å². The van der Waals surface area contributed by atoms with Crippen LogP contribution in [0.25, 0.3) is 0 Å². The highest BCUT2D eigenvalue weighted by atomic mass is 79.9. The SMILES string of the molecule is O=C(Cc1cccc(C(F)(F)F)c1)N/N=C/c1ccc(Br)cc1. The summed E-state index contributed by atoms with van der Waals surface area (Å²) in [5.74, 6) is -0.488. The van der Waals surface area contributed by atoms with Crippen LogP contribution in [0.1, 0.15) is 16.7 Å². The van der Waals surface area contributed by atoms with Crippen LogP contribution in [0, 0.1) is 0 Å². The van der Waals surface area contributed by atoms with Crippen LogP contribution in [0.5, 0.6) is 0 Å². The average Bonchev–Trinajstić information content (AvgIpc) is 2.49. The summed E-state index contributed by atoms with van der Waals surface area (Å²) in [6, 6.07) is 11.9. The third-order valence-electron chi connectivity index (χ3n) is 2.89. The predicted molar refractivity (Wildman–Crippen MR) is 85.0 cm³/mol. The van der Waals surface area contributed by atoms with E-state index in [1.165, 1.54) is 18.3 Å². The van der Waals surface area contributed by atoms with Crippen molar-refractivity contribution in [3.05, 3.63) is 69.7 Å². The second-order valence-electron chi connectivity index (χ2n) is 4.72. The smallest absolute Gasteiger partial charge is 0.273 e. The first-order valence-electron chi connectivity index (χ1n) is 6.58. The number of nitrogens with zero attached hydrogens (tertiary/aromatic N) is 1. The highest BCUT2D eigenvalue weighted by molar-refractivity contribution is 9.10.